The summed E-state index contributed by atoms with van der Waals surface area (Å²) >= 11 is 0. The fourth-order valence-corrected chi connectivity index (χ4v) is 0.624. The van der Waals surface area contributed by atoms with Gasteiger partial charge in [0.15, 0.2) is 0 Å². The molecule has 2 atom stereocenters. The lowest BCUT2D eigenvalue weighted by molar-refractivity contribution is -0.257. The van der Waals surface area contributed by atoms with Gasteiger partial charge in [0.2, 0.25) is 0 Å². The molecule has 0 aromatic carbocycles. The molecule has 0 rings (SSSR count). The summed E-state index contributed by atoms with van der Waals surface area (Å²) < 4.78 is 0. The first kappa shape index (κ1) is 10.4. The number of nitrogens with two attached hydrogens (primary N) is 1. The van der Waals surface area contributed by atoms with Crippen molar-refractivity contribution in [1.29, 1.82) is 0 Å². The van der Waals surface area contributed by atoms with Gasteiger partial charge < -0.3 is 5.73 Å². The van der Waals surface area contributed by atoms with Gasteiger partial charge in [0.1, 0.15) is 6.04 Å². The number of hydrogen-bond acceptors (Lipinski definition) is 4. The third-order valence-corrected chi connectivity index (χ3v) is 1.69. The van der Waals surface area contributed by atoms with Gasteiger partial charge in [-0.2, -0.15) is 4.89 Å². The van der Waals surface area contributed by atoms with Crippen LogP contribution >= 0.6 is 0 Å². The Morgan fingerprint density at radius 3 is 2.55 bits per heavy atom. The fraction of sp³-hybridized carbons (Fsp3) is 0.857. The maximum absolute atomic E-state index is 10.9. The zero-order valence-corrected chi connectivity index (χ0v) is 7.16. The highest BCUT2D eigenvalue weighted by Gasteiger charge is 2.21. The van der Waals surface area contributed by atoms with Crippen LogP contribution in [-0.2, 0) is 14.6 Å². The molecule has 0 aliphatic heterocycles. The van der Waals surface area contributed by atoms with Crippen molar-refractivity contribution >= 4 is 5.97 Å². The van der Waals surface area contributed by atoms with Crippen LogP contribution in [0.2, 0.25) is 0 Å². The molecular weight excluding hydrogens is 146 g/mol. The molecule has 2 N–H and O–H groups in total. The van der Waals surface area contributed by atoms with E-state index in [1.165, 1.54) is 7.11 Å². The van der Waals surface area contributed by atoms with Crippen molar-refractivity contribution in [3.8, 4) is 0 Å². The van der Waals surface area contributed by atoms with E-state index in [9.17, 15) is 4.79 Å². The van der Waals surface area contributed by atoms with Gasteiger partial charge in [-0.3, -0.25) is 4.89 Å². The third kappa shape index (κ3) is 3.34. The molecule has 0 heterocycles. The Balaban J connectivity index is 3.80. The quantitative estimate of drug-likeness (QED) is 0.480. The molecule has 4 heteroatoms. The molecule has 0 saturated carbocycles. The predicted molar refractivity (Wildman–Crippen MR) is 40.5 cm³/mol. The van der Waals surface area contributed by atoms with E-state index in [1.807, 2.05) is 13.8 Å². The first-order valence-corrected chi connectivity index (χ1v) is 3.63. The molecule has 0 amide bonds. The van der Waals surface area contributed by atoms with Crippen LogP contribution in [0.25, 0.3) is 0 Å². The van der Waals surface area contributed by atoms with E-state index >= 15 is 0 Å². The van der Waals surface area contributed by atoms with Crippen LogP contribution in [0.1, 0.15) is 20.3 Å². The molecule has 0 bridgehead atoms. The SMILES string of the molecule is CCC(C)C(N)C(=O)OOC. The molecule has 0 aliphatic rings. The van der Waals surface area contributed by atoms with Crippen molar-refractivity contribution in [2.75, 3.05) is 7.11 Å². The largest absolute Gasteiger partial charge is 0.359 e. The van der Waals surface area contributed by atoms with Crippen LogP contribution in [-0.4, -0.2) is 19.1 Å². The second kappa shape index (κ2) is 5.09. The van der Waals surface area contributed by atoms with Gasteiger partial charge in [-0.05, 0) is 5.92 Å². The van der Waals surface area contributed by atoms with Gasteiger partial charge in [0.05, 0.1) is 7.11 Å². The average molecular weight is 161 g/mol. The molecule has 0 saturated heterocycles. The predicted octanol–water partition coefficient (Wildman–Crippen LogP) is 0.464. The van der Waals surface area contributed by atoms with Crippen molar-refractivity contribution in [2.24, 2.45) is 11.7 Å². The van der Waals surface area contributed by atoms with Crippen LogP contribution < -0.4 is 5.73 Å². The Hall–Kier alpha value is -0.610. The van der Waals surface area contributed by atoms with Crippen LogP contribution in [0.4, 0.5) is 0 Å². The van der Waals surface area contributed by atoms with Crippen molar-refractivity contribution in [2.45, 2.75) is 26.3 Å². The minimum atomic E-state index is -0.583. The molecule has 0 aromatic heterocycles. The summed E-state index contributed by atoms with van der Waals surface area (Å²) in [6.45, 7) is 3.85. The second-order valence-electron chi connectivity index (χ2n) is 2.48. The van der Waals surface area contributed by atoms with Crippen molar-refractivity contribution < 1.29 is 14.6 Å². The Labute approximate surface area is 66.6 Å². The summed E-state index contributed by atoms with van der Waals surface area (Å²) in [6, 6.07) is -0.583. The normalized spacial score (nSPS) is 15.6. The zero-order valence-electron chi connectivity index (χ0n) is 7.16. The minimum Gasteiger partial charge on any atom is -0.318 e. The van der Waals surface area contributed by atoms with Crippen LogP contribution in [0.15, 0.2) is 0 Å². The monoisotopic (exact) mass is 161 g/mol. The Kier molecular flexibility index (Phi) is 4.81. The lowest BCUT2D eigenvalue weighted by atomic mass is 10.0. The van der Waals surface area contributed by atoms with Crippen molar-refractivity contribution in [3.05, 3.63) is 0 Å². The summed E-state index contributed by atoms with van der Waals surface area (Å²) in [7, 11) is 1.28. The molecule has 66 valence electrons. The second-order valence-corrected chi connectivity index (χ2v) is 2.48. The summed E-state index contributed by atoms with van der Waals surface area (Å²) in [4.78, 5) is 19.3. The minimum absolute atomic E-state index is 0.123. The smallest absolute Gasteiger partial charge is 0.318 e. The summed E-state index contributed by atoms with van der Waals surface area (Å²) in [5.74, 6) is -0.389. The van der Waals surface area contributed by atoms with Gasteiger partial charge in [-0.25, -0.2) is 4.79 Å². The number of rotatable bonds is 4. The van der Waals surface area contributed by atoms with E-state index in [2.05, 4.69) is 9.78 Å². The molecule has 0 fully saturated rings. The molecule has 4 nitrogen and oxygen atoms in total. The summed E-state index contributed by atoms with van der Waals surface area (Å²) in [5, 5.41) is 0. The van der Waals surface area contributed by atoms with Gasteiger partial charge >= 0.3 is 5.97 Å². The van der Waals surface area contributed by atoms with E-state index in [0.29, 0.717) is 0 Å². The number of carbonyl (C=O) groups is 1. The van der Waals surface area contributed by atoms with Gasteiger partial charge in [0, 0.05) is 0 Å². The van der Waals surface area contributed by atoms with Crippen LogP contribution in [0.3, 0.4) is 0 Å². The lowest BCUT2D eigenvalue weighted by Gasteiger charge is -2.14. The molecule has 0 spiro atoms. The highest BCUT2D eigenvalue weighted by atomic mass is 17.2. The van der Waals surface area contributed by atoms with E-state index in [1.54, 1.807) is 0 Å². The van der Waals surface area contributed by atoms with E-state index in [0.717, 1.165) is 6.42 Å². The maximum atomic E-state index is 10.9. The molecule has 0 aliphatic carbocycles. The first-order valence-electron chi connectivity index (χ1n) is 3.63. The molecule has 2 unspecified atom stereocenters. The van der Waals surface area contributed by atoms with Crippen molar-refractivity contribution in [1.82, 2.24) is 0 Å². The van der Waals surface area contributed by atoms with Crippen LogP contribution in [0.5, 0.6) is 0 Å². The number of hydrogen-bond donors (Lipinski definition) is 1. The van der Waals surface area contributed by atoms with Gasteiger partial charge in [-0.15, -0.1) is 0 Å². The molecule has 0 radical (unpaired) electrons. The molecular formula is C7H15NO3. The van der Waals surface area contributed by atoms with Crippen molar-refractivity contribution in [3.63, 3.8) is 0 Å². The zero-order chi connectivity index (χ0) is 8.85. The summed E-state index contributed by atoms with van der Waals surface area (Å²) in [6.07, 6.45) is 0.847. The Morgan fingerprint density at radius 1 is 1.64 bits per heavy atom. The highest BCUT2D eigenvalue weighted by Crippen LogP contribution is 2.06. The lowest BCUT2D eigenvalue weighted by Crippen LogP contribution is -2.37. The Morgan fingerprint density at radius 2 is 2.18 bits per heavy atom. The highest BCUT2D eigenvalue weighted by molar-refractivity contribution is 5.75. The van der Waals surface area contributed by atoms with E-state index in [4.69, 9.17) is 5.73 Å². The van der Waals surface area contributed by atoms with Gasteiger partial charge in [0.25, 0.3) is 0 Å². The van der Waals surface area contributed by atoms with Crippen LogP contribution in [0, 0.1) is 5.92 Å². The first-order chi connectivity index (χ1) is 5.13. The summed E-state index contributed by atoms with van der Waals surface area (Å²) in [5.41, 5.74) is 5.50. The average Bonchev–Trinajstić information content (AvgIpc) is 2.02. The van der Waals surface area contributed by atoms with Gasteiger partial charge in [-0.1, -0.05) is 20.3 Å². The molecule has 0 aromatic rings. The Bertz CT molecular complexity index is 127. The standard InChI is InChI=1S/C7H15NO3/c1-4-5(2)6(8)7(9)11-10-3/h5-6H,4,8H2,1-3H3. The van der Waals surface area contributed by atoms with E-state index in [-0.39, 0.29) is 5.92 Å². The van der Waals surface area contributed by atoms with E-state index < -0.39 is 12.0 Å². The maximum Gasteiger partial charge on any atom is 0.359 e. The fourth-order valence-electron chi connectivity index (χ4n) is 0.624. The molecule has 11 heavy (non-hydrogen) atoms. The third-order valence-electron chi connectivity index (χ3n) is 1.69. The number of carbonyl (C=O) groups excluding carboxylic acids is 1. The topological polar surface area (TPSA) is 61.6 Å².